The Kier molecular flexibility index (Phi) is 6.42. The van der Waals surface area contributed by atoms with Crippen LogP contribution in [0.2, 0.25) is 0 Å². The summed E-state index contributed by atoms with van der Waals surface area (Å²) in [5.41, 5.74) is 2.07. The highest BCUT2D eigenvalue weighted by molar-refractivity contribution is 7.99. The van der Waals surface area contributed by atoms with E-state index in [0.29, 0.717) is 27.8 Å². The fraction of sp³-hybridized carbons (Fsp3) is 0.0455. The van der Waals surface area contributed by atoms with Crippen molar-refractivity contribution < 1.29 is 14.7 Å². The maximum Gasteiger partial charge on any atom is 0.257 e. The zero-order chi connectivity index (χ0) is 22.3. The summed E-state index contributed by atoms with van der Waals surface area (Å²) in [4.78, 5) is 25.2. The van der Waals surface area contributed by atoms with Crippen molar-refractivity contribution in [2.45, 2.75) is 5.16 Å². The van der Waals surface area contributed by atoms with Gasteiger partial charge < -0.3 is 15.7 Å². The lowest BCUT2D eigenvalue weighted by Crippen LogP contribution is -2.19. The molecule has 4 aromatic rings. The molecule has 0 spiro atoms. The van der Waals surface area contributed by atoms with Crippen molar-refractivity contribution in [1.82, 2.24) is 20.2 Å². The van der Waals surface area contributed by atoms with Gasteiger partial charge in [-0.15, -0.1) is 5.10 Å². The zero-order valence-corrected chi connectivity index (χ0v) is 17.5. The van der Waals surface area contributed by atoms with E-state index in [-0.39, 0.29) is 23.3 Å². The summed E-state index contributed by atoms with van der Waals surface area (Å²) < 4.78 is 1.47. The Morgan fingerprint density at radius 1 is 0.906 bits per heavy atom. The maximum absolute atomic E-state index is 12.7. The highest BCUT2D eigenvalue weighted by atomic mass is 32.2. The van der Waals surface area contributed by atoms with Crippen LogP contribution < -0.4 is 10.6 Å². The third kappa shape index (κ3) is 5.10. The summed E-state index contributed by atoms with van der Waals surface area (Å²) >= 11 is 1.15. The monoisotopic (exact) mass is 446 g/mol. The first-order valence-electron chi connectivity index (χ1n) is 9.56. The molecule has 0 aliphatic rings. The predicted molar refractivity (Wildman–Crippen MR) is 121 cm³/mol. The number of para-hydroxylation sites is 2. The van der Waals surface area contributed by atoms with Gasteiger partial charge in [0, 0.05) is 5.69 Å². The van der Waals surface area contributed by atoms with Crippen LogP contribution in [-0.4, -0.2) is 42.9 Å². The van der Waals surface area contributed by atoms with E-state index in [9.17, 15) is 14.7 Å². The minimum absolute atomic E-state index is 0.0348. The summed E-state index contributed by atoms with van der Waals surface area (Å²) in [5, 5.41) is 27.0. The molecule has 0 radical (unpaired) electrons. The van der Waals surface area contributed by atoms with Gasteiger partial charge in [0.05, 0.1) is 22.7 Å². The largest absolute Gasteiger partial charge is 0.508 e. The van der Waals surface area contributed by atoms with E-state index >= 15 is 0 Å². The Morgan fingerprint density at radius 2 is 1.62 bits per heavy atom. The number of aromatic nitrogens is 4. The normalized spacial score (nSPS) is 10.5. The molecule has 0 atom stereocenters. The second-order valence-electron chi connectivity index (χ2n) is 6.59. The van der Waals surface area contributed by atoms with Crippen LogP contribution >= 0.6 is 11.8 Å². The van der Waals surface area contributed by atoms with Crippen LogP contribution in [0.3, 0.4) is 0 Å². The molecule has 32 heavy (non-hydrogen) atoms. The van der Waals surface area contributed by atoms with Crippen molar-refractivity contribution in [3.63, 3.8) is 0 Å². The van der Waals surface area contributed by atoms with Crippen molar-refractivity contribution in [3.8, 4) is 11.4 Å². The second-order valence-corrected chi connectivity index (χ2v) is 7.53. The number of aromatic hydroxyl groups is 1. The maximum atomic E-state index is 12.7. The van der Waals surface area contributed by atoms with E-state index in [1.165, 1.54) is 16.8 Å². The smallest absolute Gasteiger partial charge is 0.257 e. The summed E-state index contributed by atoms with van der Waals surface area (Å²) in [6.45, 7) is 0. The minimum atomic E-state index is -0.323. The first-order chi connectivity index (χ1) is 15.6. The van der Waals surface area contributed by atoms with Gasteiger partial charge in [0.25, 0.3) is 5.91 Å². The van der Waals surface area contributed by atoms with E-state index in [1.807, 2.05) is 18.2 Å². The average Bonchev–Trinajstić information content (AvgIpc) is 3.28. The Labute approximate surface area is 187 Å². The number of hydrogen-bond donors (Lipinski definition) is 3. The molecule has 0 unspecified atom stereocenters. The number of nitrogens with one attached hydrogen (secondary N) is 2. The van der Waals surface area contributed by atoms with Gasteiger partial charge in [-0.1, -0.05) is 42.1 Å². The molecule has 1 aromatic heterocycles. The molecule has 0 bridgehead atoms. The fourth-order valence-electron chi connectivity index (χ4n) is 2.85. The molecule has 3 N–H and O–H groups in total. The number of phenols is 1. The van der Waals surface area contributed by atoms with Crippen LogP contribution in [-0.2, 0) is 4.79 Å². The van der Waals surface area contributed by atoms with E-state index < -0.39 is 0 Å². The number of amides is 2. The molecule has 0 aliphatic carbocycles. The zero-order valence-electron chi connectivity index (χ0n) is 16.7. The van der Waals surface area contributed by atoms with Gasteiger partial charge in [-0.3, -0.25) is 9.59 Å². The van der Waals surface area contributed by atoms with Crippen molar-refractivity contribution >= 4 is 35.0 Å². The number of nitrogens with zero attached hydrogens (tertiary/aromatic N) is 4. The second kappa shape index (κ2) is 9.75. The van der Waals surface area contributed by atoms with Gasteiger partial charge >= 0.3 is 0 Å². The molecule has 0 aliphatic heterocycles. The lowest BCUT2D eigenvalue weighted by molar-refractivity contribution is -0.113. The molecular formula is C22H18N6O3S. The number of carbonyl (C=O) groups excluding carboxylic acids is 2. The van der Waals surface area contributed by atoms with E-state index in [4.69, 9.17) is 0 Å². The molecule has 0 saturated heterocycles. The van der Waals surface area contributed by atoms with Gasteiger partial charge in [-0.05, 0) is 59.0 Å². The Hall–Kier alpha value is -4.18. The van der Waals surface area contributed by atoms with Crippen LogP contribution in [0, 0.1) is 0 Å². The third-order valence-electron chi connectivity index (χ3n) is 4.34. The molecule has 160 valence electrons. The molecule has 0 fully saturated rings. The standard InChI is InChI=1S/C22H18N6O3S/c29-17-12-10-16(11-13-17)28-22(25-26-27-28)32-14-20(30)24-19-9-5-4-8-18(19)21(31)23-15-6-2-1-3-7-15/h1-13,29H,14H2,(H,23,31)(H,24,30). The average molecular weight is 446 g/mol. The Balaban J connectivity index is 1.41. The van der Waals surface area contributed by atoms with Crippen molar-refractivity contribution in [1.29, 1.82) is 0 Å². The lowest BCUT2D eigenvalue weighted by Gasteiger charge is -2.11. The Morgan fingerprint density at radius 3 is 2.41 bits per heavy atom. The lowest BCUT2D eigenvalue weighted by atomic mass is 10.1. The predicted octanol–water partition coefficient (Wildman–Crippen LogP) is 3.35. The van der Waals surface area contributed by atoms with Crippen molar-refractivity contribution in [2.75, 3.05) is 16.4 Å². The molecule has 1 heterocycles. The van der Waals surface area contributed by atoms with Gasteiger partial charge in [0.1, 0.15) is 5.75 Å². The summed E-state index contributed by atoms with van der Waals surface area (Å²) in [6, 6.07) is 22.2. The molecular weight excluding hydrogens is 428 g/mol. The first-order valence-corrected chi connectivity index (χ1v) is 10.5. The number of anilines is 2. The van der Waals surface area contributed by atoms with Gasteiger partial charge in [-0.2, -0.15) is 4.68 Å². The first kappa shape index (κ1) is 21.1. The molecule has 9 nitrogen and oxygen atoms in total. The van der Waals surface area contributed by atoms with Gasteiger partial charge in [0.15, 0.2) is 0 Å². The molecule has 2 amide bonds. The number of hydrogen-bond acceptors (Lipinski definition) is 7. The number of phenolic OH excluding ortho intramolecular Hbond substituents is 1. The number of tetrazole rings is 1. The third-order valence-corrected chi connectivity index (χ3v) is 5.26. The van der Waals surface area contributed by atoms with Crippen LogP contribution in [0.5, 0.6) is 5.75 Å². The number of benzene rings is 3. The molecule has 4 rings (SSSR count). The summed E-state index contributed by atoms with van der Waals surface area (Å²) in [5.74, 6) is -0.468. The highest BCUT2D eigenvalue weighted by Gasteiger charge is 2.15. The van der Waals surface area contributed by atoms with Crippen LogP contribution in [0.15, 0.2) is 84.0 Å². The number of thioether (sulfide) groups is 1. The van der Waals surface area contributed by atoms with E-state index in [1.54, 1.807) is 48.5 Å². The van der Waals surface area contributed by atoms with Gasteiger partial charge in [-0.25, -0.2) is 0 Å². The van der Waals surface area contributed by atoms with E-state index in [0.717, 1.165) is 11.8 Å². The van der Waals surface area contributed by atoms with Crippen molar-refractivity contribution in [2.24, 2.45) is 0 Å². The minimum Gasteiger partial charge on any atom is -0.508 e. The quantitative estimate of drug-likeness (QED) is 0.372. The van der Waals surface area contributed by atoms with Crippen LogP contribution in [0.1, 0.15) is 10.4 Å². The summed E-state index contributed by atoms with van der Waals surface area (Å²) in [7, 11) is 0. The van der Waals surface area contributed by atoms with Gasteiger partial charge in [0.2, 0.25) is 11.1 Å². The number of carbonyl (C=O) groups is 2. The molecule has 3 aromatic carbocycles. The van der Waals surface area contributed by atoms with Crippen LogP contribution in [0.25, 0.3) is 5.69 Å². The van der Waals surface area contributed by atoms with Crippen molar-refractivity contribution in [3.05, 3.63) is 84.4 Å². The number of rotatable bonds is 7. The molecule has 0 saturated carbocycles. The van der Waals surface area contributed by atoms with E-state index in [2.05, 4.69) is 26.2 Å². The summed E-state index contributed by atoms with van der Waals surface area (Å²) in [6.07, 6.45) is 0. The molecule has 10 heteroatoms. The topological polar surface area (TPSA) is 122 Å². The Bertz CT molecular complexity index is 1230. The highest BCUT2D eigenvalue weighted by Crippen LogP contribution is 2.21. The van der Waals surface area contributed by atoms with Crippen LogP contribution in [0.4, 0.5) is 11.4 Å². The SMILES string of the molecule is O=C(CSc1nnnn1-c1ccc(O)cc1)Nc1ccccc1C(=O)Nc1ccccc1. The fourth-order valence-corrected chi connectivity index (χ4v) is 3.54.